The summed E-state index contributed by atoms with van der Waals surface area (Å²) in [7, 11) is -4.05. The number of carboxylic acid groups (broad SMARTS) is 1. The van der Waals surface area contributed by atoms with E-state index in [9.17, 15) is 9.36 Å². The van der Waals surface area contributed by atoms with Crippen LogP contribution in [0, 0.1) is 0 Å². The van der Waals surface area contributed by atoms with Crippen molar-refractivity contribution < 1.29 is 23.5 Å². The molecule has 0 spiro atoms. The second kappa shape index (κ2) is 5.33. The van der Waals surface area contributed by atoms with Crippen molar-refractivity contribution in [3.8, 4) is 0 Å². The van der Waals surface area contributed by atoms with E-state index in [1.807, 2.05) is 0 Å². The molecule has 1 N–H and O–H groups in total. The van der Waals surface area contributed by atoms with Crippen LogP contribution in [0.15, 0.2) is 0 Å². The first kappa shape index (κ1) is 14.2. The van der Waals surface area contributed by atoms with Gasteiger partial charge in [-0.2, -0.15) is 0 Å². The Bertz CT molecular complexity index is 245. The molecule has 0 fully saturated rings. The van der Waals surface area contributed by atoms with Crippen LogP contribution < -0.4 is 0 Å². The molecule has 84 valence electrons. The molecule has 0 aromatic carbocycles. The highest BCUT2D eigenvalue weighted by molar-refractivity contribution is 7.61. The highest BCUT2D eigenvalue weighted by Crippen LogP contribution is 2.64. The molecule has 0 unspecified atom stereocenters. The van der Waals surface area contributed by atoms with Gasteiger partial charge in [-0.05, 0) is 13.8 Å². The van der Waals surface area contributed by atoms with Gasteiger partial charge in [-0.25, -0.2) is 4.79 Å². The average molecular weight is 265 g/mol. The molecule has 0 bridgehead atoms. The zero-order valence-electron chi connectivity index (χ0n) is 7.70. The van der Waals surface area contributed by atoms with E-state index >= 15 is 0 Å². The molecule has 14 heavy (non-hydrogen) atoms. The summed E-state index contributed by atoms with van der Waals surface area (Å²) in [6.07, 6.45) is 0. The normalized spacial score (nSPS) is 12.9. The molecule has 0 saturated heterocycles. The molecule has 0 atom stereocenters. The van der Waals surface area contributed by atoms with Gasteiger partial charge in [-0.1, -0.05) is 23.2 Å². The maximum absolute atomic E-state index is 11.8. The summed E-state index contributed by atoms with van der Waals surface area (Å²) in [5.41, 5.74) is 0. The smallest absolute Gasteiger partial charge is 0.378 e. The monoisotopic (exact) mass is 264 g/mol. The minimum Gasteiger partial charge on any atom is -0.479 e. The summed E-state index contributed by atoms with van der Waals surface area (Å²) in [5.74, 6) is -1.66. The summed E-state index contributed by atoms with van der Waals surface area (Å²) in [6, 6.07) is 0. The third kappa shape index (κ3) is 2.84. The molecule has 0 aromatic rings. The van der Waals surface area contributed by atoms with Gasteiger partial charge in [0.1, 0.15) is 0 Å². The van der Waals surface area contributed by atoms with Crippen LogP contribution in [-0.4, -0.2) is 28.4 Å². The van der Waals surface area contributed by atoms with Crippen molar-refractivity contribution in [1.82, 2.24) is 0 Å². The van der Waals surface area contributed by atoms with Crippen molar-refractivity contribution in [1.29, 1.82) is 0 Å². The molecule has 0 amide bonds. The van der Waals surface area contributed by atoms with Gasteiger partial charge < -0.3 is 14.2 Å². The van der Waals surface area contributed by atoms with Crippen LogP contribution in [0.25, 0.3) is 0 Å². The number of rotatable bonds is 6. The molecule has 0 aromatic heterocycles. The summed E-state index contributed by atoms with van der Waals surface area (Å²) in [4.78, 5) is 10.6. The molecule has 0 aliphatic carbocycles. The van der Waals surface area contributed by atoms with Crippen LogP contribution in [0.4, 0.5) is 0 Å². The van der Waals surface area contributed by atoms with Crippen LogP contribution in [0.3, 0.4) is 0 Å². The highest BCUT2D eigenvalue weighted by Gasteiger charge is 2.55. The number of carboxylic acids is 1. The lowest BCUT2D eigenvalue weighted by Gasteiger charge is -2.24. The molecule has 0 rings (SSSR count). The molecular formula is C6H11Cl2O5P. The van der Waals surface area contributed by atoms with E-state index in [1.165, 1.54) is 13.8 Å². The zero-order chi connectivity index (χ0) is 11.4. The third-order valence-corrected chi connectivity index (χ3v) is 4.84. The van der Waals surface area contributed by atoms with Crippen LogP contribution in [-0.2, 0) is 18.4 Å². The SMILES string of the molecule is CCOP(=O)(OCC)C(Cl)(Cl)C(=O)O. The second-order valence-electron chi connectivity index (χ2n) is 2.18. The Hall–Kier alpha value is 0.200. The predicted octanol–water partition coefficient (Wildman–Crippen LogP) is 2.47. The summed E-state index contributed by atoms with van der Waals surface area (Å²) in [5, 5.41) is 8.63. The Morgan fingerprint density at radius 1 is 1.36 bits per heavy atom. The molecule has 0 aliphatic heterocycles. The maximum atomic E-state index is 11.8. The van der Waals surface area contributed by atoms with E-state index in [0.717, 1.165) is 0 Å². The number of halogens is 2. The van der Waals surface area contributed by atoms with Crippen molar-refractivity contribution in [2.24, 2.45) is 0 Å². The topological polar surface area (TPSA) is 72.8 Å². The first-order valence-electron chi connectivity index (χ1n) is 3.82. The number of carbonyl (C=O) groups is 1. The first-order chi connectivity index (χ1) is 6.31. The number of alkyl halides is 2. The Morgan fingerprint density at radius 2 is 1.71 bits per heavy atom. The lowest BCUT2D eigenvalue weighted by Crippen LogP contribution is -2.27. The summed E-state index contributed by atoms with van der Waals surface area (Å²) >= 11 is 10.8. The number of hydrogen-bond donors (Lipinski definition) is 1. The van der Waals surface area contributed by atoms with Crippen molar-refractivity contribution in [2.75, 3.05) is 13.2 Å². The van der Waals surface area contributed by atoms with Crippen LogP contribution >= 0.6 is 30.8 Å². The molecule has 0 radical (unpaired) electrons. The Kier molecular flexibility index (Phi) is 5.41. The lowest BCUT2D eigenvalue weighted by molar-refractivity contribution is -0.136. The molecule has 8 heteroatoms. The van der Waals surface area contributed by atoms with Gasteiger partial charge in [-0.3, -0.25) is 4.57 Å². The first-order valence-corrected chi connectivity index (χ1v) is 6.12. The van der Waals surface area contributed by atoms with E-state index in [-0.39, 0.29) is 13.2 Å². The van der Waals surface area contributed by atoms with Crippen LogP contribution in [0.5, 0.6) is 0 Å². The minimum atomic E-state index is -4.05. The van der Waals surface area contributed by atoms with Gasteiger partial charge in [0.25, 0.3) is 0 Å². The largest absolute Gasteiger partial charge is 0.479 e. The Morgan fingerprint density at radius 3 is 1.93 bits per heavy atom. The second-order valence-corrected chi connectivity index (χ2v) is 6.22. The van der Waals surface area contributed by atoms with Crippen molar-refractivity contribution >= 4 is 36.8 Å². The zero-order valence-corrected chi connectivity index (χ0v) is 10.1. The van der Waals surface area contributed by atoms with Gasteiger partial charge >= 0.3 is 17.6 Å². The van der Waals surface area contributed by atoms with Gasteiger partial charge in [0.15, 0.2) is 0 Å². The fourth-order valence-electron chi connectivity index (χ4n) is 0.656. The fraction of sp³-hybridized carbons (Fsp3) is 0.833. The fourth-order valence-corrected chi connectivity index (χ4v) is 2.55. The average Bonchev–Trinajstić information content (AvgIpc) is 2.04. The predicted molar refractivity (Wildman–Crippen MR) is 52.9 cm³/mol. The van der Waals surface area contributed by atoms with Gasteiger partial charge in [0.05, 0.1) is 13.2 Å². The lowest BCUT2D eigenvalue weighted by atomic mass is 10.8. The van der Waals surface area contributed by atoms with Crippen molar-refractivity contribution in [3.05, 3.63) is 0 Å². The summed E-state index contributed by atoms with van der Waals surface area (Å²) < 4.78 is 18.6. The van der Waals surface area contributed by atoms with E-state index < -0.39 is 17.6 Å². The highest BCUT2D eigenvalue weighted by atomic mass is 35.5. The van der Waals surface area contributed by atoms with E-state index in [1.54, 1.807) is 0 Å². The molecule has 0 aliphatic rings. The molecule has 5 nitrogen and oxygen atoms in total. The Balaban J connectivity index is 4.99. The van der Waals surface area contributed by atoms with E-state index in [0.29, 0.717) is 0 Å². The van der Waals surface area contributed by atoms with Crippen LogP contribution in [0.1, 0.15) is 13.8 Å². The quantitative estimate of drug-likeness (QED) is 0.589. The van der Waals surface area contributed by atoms with E-state index in [4.69, 9.17) is 28.3 Å². The Labute approximate surface area is 91.8 Å². The van der Waals surface area contributed by atoms with Gasteiger partial charge in [-0.15, -0.1) is 0 Å². The number of hydrogen-bond acceptors (Lipinski definition) is 4. The minimum absolute atomic E-state index is 0.00819. The summed E-state index contributed by atoms with van der Waals surface area (Å²) in [6.45, 7) is 3.03. The third-order valence-electron chi connectivity index (χ3n) is 1.20. The number of aliphatic carboxylic acids is 1. The van der Waals surface area contributed by atoms with Crippen molar-refractivity contribution in [3.63, 3.8) is 0 Å². The van der Waals surface area contributed by atoms with E-state index in [2.05, 4.69) is 9.05 Å². The van der Waals surface area contributed by atoms with Crippen LogP contribution in [0.2, 0.25) is 0 Å². The maximum Gasteiger partial charge on any atom is 0.378 e. The van der Waals surface area contributed by atoms with Crippen molar-refractivity contribution in [2.45, 2.75) is 17.9 Å². The molecule has 0 saturated carbocycles. The van der Waals surface area contributed by atoms with Gasteiger partial charge in [0.2, 0.25) is 0 Å². The molecular weight excluding hydrogens is 254 g/mol. The standard InChI is InChI=1S/C6H11Cl2O5P/c1-3-12-14(11,13-4-2)6(7,8)5(9)10/h3-4H2,1-2H3,(H,9,10). The molecule has 0 heterocycles. The van der Waals surface area contributed by atoms with Gasteiger partial charge in [0, 0.05) is 0 Å².